The third-order valence-electron chi connectivity index (χ3n) is 2.72. The van der Waals surface area contributed by atoms with Crippen LogP contribution in [-0.2, 0) is 16.1 Å². The lowest BCUT2D eigenvalue weighted by atomic mass is 9.99. The largest absolute Gasteiger partial charge is 0.381 e. The lowest BCUT2D eigenvalue weighted by Gasteiger charge is -2.21. The number of aromatic nitrogens is 1. The number of nitrogens with one attached hydrogen (secondary N) is 2. The van der Waals surface area contributed by atoms with E-state index in [2.05, 4.69) is 10.3 Å². The summed E-state index contributed by atoms with van der Waals surface area (Å²) in [4.78, 5) is 14.7. The van der Waals surface area contributed by atoms with Crippen LogP contribution in [0, 0.1) is 5.92 Å². The van der Waals surface area contributed by atoms with Crippen molar-refractivity contribution >= 4 is 5.91 Å². The summed E-state index contributed by atoms with van der Waals surface area (Å²) >= 11 is 0. The summed E-state index contributed by atoms with van der Waals surface area (Å²) < 4.78 is 5.22. The number of hydrogen-bond donors (Lipinski definition) is 2. The van der Waals surface area contributed by atoms with Gasteiger partial charge >= 0.3 is 0 Å². The Morgan fingerprint density at radius 3 is 3.00 bits per heavy atom. The molecule has 0 aliphatic carbocycles. The van der Waals surface area contributed by atoms with Crippen LogP contribution >= 0.6 is 0 Å². The molecule has 4 heteroatoms. The van der Waals surface area contributed by atoms with Crippen molar-refractivity contribution in [3.8, 4) is 0 Å². The molecule has 2 rings (SSSR count). The van der Waals surface area contributed by atoms with Gasteiger partial charge in [-0.2, -0.15) is 0 Å². The first kappa shape index (κ1) is 10.2. The average Bonchev–Trinajstić information content (AvgIpc) is 2.80. The molecule has 1 aromatic heterocycles. The fourth-order valence-electron chi connectivity index (χ4n) is 1.76. The van der Waals surface area contributed by atoms with Gasteiger partial charge in [0.15, 0.2) is 0 Å². The number of carbonyl (C=O) groups is 1. The number of aromatic amines is 1. The van der Waals surface area contributed by atoms with Gasteiger partial charge in [0.05, 0.1) is 0 Å². The Hall–Kier alpha value is -1.29. The molecule has 0 spiro atoms. The minimum Gasteiger partial charge on any atom is -0.381 e. The van der Waals surface area contributed by atoms with Gasteiger partial charge in [-0.15, -0.1) is 0 Å². The summed E-state index contributed by atoms with van der Waals surface area (Å²) in [5.41, 5.74) is 1.11. The van der Waals surface area contributed by atoms with E-state index in [1.54, 1.807) is 0 Å². The molecule has 1 aliphatic heterocycles. The smallest absolute Gasteiger partial charge is 0.223 e. The van der Waals surface area contributed by atoms with Crippen LogP contribution in [0.4, 0.5) is 0 Å². The molecule has 1 saturated heterocycles. The zero-order valence-electron chi connectivity index (χ0n) is 8.66. The monoisotopic (exact) mass is 208 g/mol. The maximum absolute atomic E-state index is 11.7. The first-order valence-corrected chi connectivity index (χ1v) is 5.33. The van der Waals surface area contributed by atoms with E-state index in [-0.39, 0.29) is 11.8 Å². The number of rotatable bonds is 3. The van der Waals surface area contributed by atoms with Gasteiger partial charge in [-0.05, 0) is 24.5 Å². The molecule has 82 valence electrons. The summed E-state index contributed by atoms with van der Waals surface area (Å²) in [6.45, 7) is 2.03. The Balaban J connectivity index is 1.76. The first-order chi connectivity index (χ1) is 7.36. The summed E-state index contributed by atoms with van der Waals surface area (Å²) in [6, 6.07) is 1.96. The fraction of sp³-hybridized carbons (Fsp3) is 0.545. The second-order valence-electron chi connectivity index (χ2n) is 3.82. The van der Waals surface area contributed by atoms with Crippen LogP contribution in [0.3, 0.4) is 0 Å². The van der Waals surface area contributed by atoms with E-state index in [1.165, 1.54) is 0 Å². The van der Waals surface area contributed by atoms with E-state index < -0.39 is 0 Å². The van der Waals surface area contributed by atoms with E-state index in [0.29, 0.717) is 19.8 Å². The lowest BCUT2D eigenvalue weighted by molar-refractivity contribution is -0.128. The molecule has 0 bridgehead atoms. The van der Waals surface area contributed by atoms with E-state index in [0.717, 1.165) is 18.4 Å². The highest BCUT2D eigenvalue weighted by atomic mass is 16.5. The van der Waals surface area contributed by atoms with E-state index >= 15 is 0 Å². The quantitative estimate of drug-likeness (QED) is 0.780. The zero-order valence-corrected chi connectivity index (χ0v) is 8.66. The molecule has 1 amide bonds. The van der Waals surface area contributed by atoms with Crippen LogP contribution in [0.25, 0.3) is 0 Å². The normalized spacial score (nSPS) is 17.6. The van der Waals surface area contributed by atoms with Crippen molar-refractivity contribution in [3.05, 3.63) is 24.0 Å². The Labute approximate surface area is 89.0 Å². The predicted octanol–water partition coefficient (Wildman–Crippen LogP) is 1.06. The van der Waals surface area contributed by atoms with Crippen LogP contribution in [0.2, 0.25) is 0 Å². The van der Waals surface area contributed by atoms with Crippen LogP contribution in [0.15, 0.2) is 18.5 Å². The second-order valence-corrected chi connectivity index (χ2v) is 3.82. The van der Waals surface area contributed by atoms with Gasteiger partial charge in [0.1, 0.15) is 0 Å². The Bertz CT molecular complexity index is 302. The van der Waals surface area contributed by atoms with Crippen molar-refractivity contribution in [2.24, 2.45) is 5.92 Å². The van der Waals surface area contributed by atoms with Gasteiger partial charge < -0.3 is 15.0 Å². The van der Waals surface area contributed by atoms with Crippen LogP contribution in [-0.4, -0.2) is 24.1 Å². The van der Waals surface area contributed by atoms with Gasteiger partial charge in [-0.3, -0.25) is 4.79 Å². The minimum absolute atomic E-state index is 0.137. The maximum Gasteiger partial charge on any atom is 0.223 e. The van der Waals surface area contributed by atoms with Crippen LogP contribution in [0.5, 0.6) is 0 Å². The van der Waals surface area contributed by atoms with Crippen molar-refractivity contribution in [1.82, 2.24) is 10.3 Å². The van der Waals surface area contributed by atoms with Crippen molar-refractivity contribution in [2.45, 2.75) is 19.4 Å². The van der Waals surface area contributed by atoms with Crippen molar-refractivity contribution < 1.29 is 9.53 Å². The molecule has 1 aliphatic rings. The van der Waals surface area contributed by atoms with Gasteiger partial charge in [-0.25, -0.2) is 0 Å². The SMILES string of the molecule is O=C(NCc1cc[nH]c1)C1CCOCC1. The first-order valence-electron chi connectivity index (χ1n) is 5.33. The van der Waals surface area contributed by atoms with Crippen LogP contribution < -0.4 is 5.32 Å². The molecule has 0 unspecified atom stereocenters. The number of carbonyl (C=O) groups excluding carboxylic acids is 1. The summed E-state index contributed by atoms with van der Waals surface area (Å²) in [5, 5.41) is 2.94. The fourth-order valence-corrected chi connectivity index (χ4v) is 1.76. The maximum atomic E-state index is 11.7. The Morgan fingerprint density at radius 2 is 2.33 bits per heavy atom. The molecule has 0 aromatic carbocycles. The number of ether oxygens (including phenoxy) is 1. The summed E-state index contributed by atoms with van der Waals surface area (Å²) in [6.07, 6.45) is 5.44. The average molecular weight is 208 g/mol. The molecular weight excluding hydrogens is 192 g/mol. The molecule has 0 atom stereocenters. The van der Waals surface area contributed by atoms with Crippen molar-refractivity contribution in [1.29, 1.82) is 0 Å². The second kappa shape index (κ2) is 4.98. The molecule has 4 nitrogen and oxygen atoms in total. The molecular formula is C11H16N2O2. The van der Waals surface area contributed by atoms with E-state index in [1.807, 2.05) is 18.5 Å². The molecule has 2 N–H and O–H groups in total. The highest BCUT2D eigenvalue weighted by Gasteiger charge is 2.20. The molecule has 15 heavy (non-hydrogen) atoms. The number of H-pyrrole nitrogens is 1. The van der Waals surface area contributed by atoms with E-state index in [9.17, 15) is 4.79 Å². The highest BCUT2D eigenvalue weighted by Crippen LogP contribution is 2.14. The number of amides is 1. The minimum atomic E-state index is 0.137. The number of hydrogen-bond acceptors (Lipinski definition) is 2. The highest BCUT2D eigenvalue weighted by molar-refractivity contribution is 5.78. The van der Waals surface area contributed by atoms with Crippen molar-refractivity contribution in [2.75, 3.05) is 13.2 Å². The molecule has 1 fully saturated rings. The third kappa shape index (κ3) is 2.83. The topological polar surface area (TPSA) is 54.1 Å². The lowest BCUT2D eigenvalue weighted by Crippen LogP contribution is -2.33. The molecule has 0 saturated carbocycles. The van der Waals surface area contributed by atoms with Crippen molar-refractivity contribution in [3.63, 3.8) is 0 Å². The van der Waals surface area contributed by atoms with Gasteiger partial charge in [-0.1, -0.05) is 0 Å². The zero-order chi connectivity index (χ0) is 10.5. The van der Waals surface area contributed by atoms with Gasteiger partial charge in [0.2, 0.25) is 5.91 Å². The van der Waals surface area contributed by atoms with Gasteiger partial charge in [0.25, 0.3) is 0 Å². The third-order valence-corrected chi connectivity index (χ3v) is 2.72. The van der Waals surface area contributed by atoms with E-state index in [4.69, 9.17) is 4.74 Å². The van der Waals surface area contributed by atoms with Gasteiger partial charge in [0, 0.05) is 38.1 Å². The molecule has 1 aromatic rings. The Morgan fingerprint density at radius 1 is 1.53 bits per heavy atom. The molecule has 0 radical (unpaired) electrons. The molecule has 2 heterocycles. The standard InChI is InChI=1S/C11H16N2O2/c14-11(10-2-5-15-6-3-10)13-8-9-1-4-12-7-9/h1,4,7,10,12H,2-3,5-6,8H2,(H,13,14). The summed E-state index contributed by atoms with van der Waals surface area (Å²) in [5.74, 6) is 0.289. The van der Waals surface area contributed by atoms with Crippen LogP contribution in [0.1, 0.15) is 18.4 Å². The predicted molar refractivity (Wildman–Crippen MR) is 56.2 cm³/mol. The summed E-state index contributed by atoms with van der Waals surface area (Å²) in [7, 11) is 0. The Kier molecular flexibility index (Phi) is 3.40.